The number of imide groups is 1. The lowest BCUT2D eigenvalue weighted by Crippen LogP contribution is -2.39. The molecule has 0 aliphatic carbocycles. The Hall–Kier alpha value is -3.42. The number of methoxy groups -OCH3 is 2. The molecule has 2 aromatic rings. The number of rotatable bonds is 4. The summed E-state index contributed by atoms with van der Waals surface area (Å²) in [4.78, 5) is 27.1. The molecule has 0 saturated carbocycles. The van der Waals surface area contributed by atoms with Gasteiger partial charge in [-0.1, -0.05) is 22.9 Å². The number of amides is 2. The van der Waals surface area contributed by atoms with Crippen LogP contribution in [0.4, 0.5) is 11.4 Å². The molecule has 1 fully saturated rings. The van der Waals surface area contributed by atoms with Gasteiger partial charge >= 0.3 is 0 Å². The molecule has 2 heterocycles. The maximum atomic E-state index is 13.1. The first-order valence-corrected chi connectivity index (χ1v) is 8.41. The molecule has 2 unspecified atom stereocenters. The number of hydrogen-bond acceptors (Lipinski definition) is 7. The second-order valence-electron chi connectivity index (χ2n) is 6.36. The number of anilines is 2. The highest BCUT2D eigenvalue weighted by atomic mass is 16.5. The second kappa shape index (κ2) is 6.39. The van der Waals surface area contributed by atoms with Gasteiger partial charge in [0.15, 0.2) is 12.1 Å². The molecule has 0 spiro atoms. The third-order valence-electron chi connectivity index (χ3n) is 4.67. The number of carbonyl (C=O) groups is 2. The maximum Gasteiger partial charge on any atom is 0.263 e. The van der Waals surface area contributed by atoms with E-state index >= 15 is 0 Å². The van der Waals surface area contributed by atoms with Crippen molar-refractivity contribution in [3.63, 3.8) is 0 Å². The van der Waals surface area contributed by atoms with Crippen molar-refractivity contribution in [3.05, 3.63) is 48.0 Å². The van der Waals surface area contributed by atoms with E-state index in [0.717, 1.165) is 10.5 Å². The van der Waals surface area contributed by atoms with E-state index in [1.807, 2.05) is 31.2 Å². The van der Waals surface area contributed by atoms with Crippen molar-refractivity contribution in [2.24, 2.45) is 10.3 Å². The highest BCUT2D eigenvalue weighted by molar-refractivity contribution is 6.26. The standard InChI is InChI=1S/C19H18N4O4/c1-11-4-6-12(7-5-11)23-17-16(20-21-23)18(24)22(19(17)25)13-8-14(26-2)10-15(9-13)27-3/h4-10,16-17H,1-3H3. The van der Waals surface area contributed by atoms with E-state index in [4.69, 9.17) is 9.47 Å². The van der Waals surface area contributed by atoms with Gasteiger partial charge in [0.1, 0.15) is 11.5 Å². The van der Waals surface area contributed by atoms with Crippen molar-refractivity contribution in [1.29, 1.82) is 0 Å². The van der Waals surface area contributed by atoms with Gasteiger partial charge in [-0.25, -0.2) is 9.91 Å². The predicted octanol–water partition coefficient (Wildman–Crippen LogP) is 2.51. The Labute approximate surface area is 156 Å². The molecule has 2 aromatic carbocycles. The molecular formula is C19H18N4O4. The number of fused-ring (bicyclic) bond motifs is 1. The van der Waals surface area contributed by atoms with Crippen molar-refractivity contribution >= 4 is 23.2 Å². The van der Waals surface area contributed by atoms with Crippen LogP contribution in [0.15, 0.2) is 52.8 Å². The monoisotopic (exact) mass is 366 g/mol. The Morgan fingerprint density at radius 2 is 1.52 bits per heavy atom. The zero-order chi connectivity index (χ0) is 19.1. The summed E-state index contributed by atoms with van der Waals surface area (Å²) in [6.07, 6.45) is 0. The van der Waals surface area contributed by atoms with E-state index in [-0.39, 0.29) is 5.91 Å². The van der Waals surface area contributed by atoms with Crippen LogP contribution in [0.3, 0.4) is 0 Å². The number of ether oxygens (including phenoxy) is 2. The lowest BCUT2D eigenvalue weighted by Gasteiger charge is -2.21. The molecule has 0 bridgehead atoms. The molecule has 27 heavy (non-hydrogen) atoms. The molecule has 8 heteroatoms. The molecule has 2 aliphatic rings. The van der Waals surface area contributed by atoms with Crippen LogP contribution in [0, 0.1) is 6.92 Å². The van der Waals surface area contributed by atoms with Crippen LogP contribution in [-0.2, 0) is 9.59 Å². The van der Waals surface area contributed by atoms with Crippen LogP contribution in [0.25, 0.3) is 0 Å². The first-order valence-electron chi connectivity index (χ1n) is 8.41. The topological polar surface area (TPSA) is 83.8 Å². The summed E-state index contributed by atoms with van der Waals surface area (Å²) in [6.45, 7) is 1.97. The highest BCUT2D eigenvalue weighted by Crippen LogP contribution is 2.37. The number of aryl methyl sites for hydroxylation is 1. The van der Waals surface area contributed by atoms with Gasteiger partial charge in [0.05, 0.1) is 25.6 Å². The fourth-order valence-electron chi connectivity index (χ4n) is 3.25. The van der Waals surface area contributed by atoms with Gasteiger partial charge in [-0.05, 0) is 19.1 Å². The Bertz CT molecular complexity index is 919. The van der Waals surface area contributed by atoms with Crippen LogP contribution in [-0.4, -0.2) is 38.1 Å². The predicted molar refractivity (Wildman–Crippen MR) is 98.1 cm³/mol. The van der Waals surface area contributed by atoms with E-state index in [2.05, 4.69) is 10.3 Å². The first-order chi connectivity index (χ1) is 13.0. The lowest BCUT2D eigenvalue weighted by molar-refractivity contribution is -0.121. The molecule has 0 radical (unpaired) electrons. The quantitative estimate of drug-likeness (QED) is 0.777. The molecule has 2 atom stereocenters. The van der Waals surface area contributed by atoms with E-state index in [1.165, 1.54) is 19.2 Å². The largest absolute Gasteiger partial charge is 0.497 e. The van der Waals surface area contributed by atoms with Gasteiger partial charge in [0, 0.05) is 18.2 Å². The van der Waals surface area contributed by atoms with Gasteiger partial charge in [0.25, 0.3) is 11.8 Å². The third-order valence-corrected chi connectivity index (χ3v) is 4.67. The molecule has 138 valence electrons. The van der Waals surface area contributed by atoms with Crippen molar-refractivity contribution in [1.82, 2.24) is 0 Å². The fraction of sp³-hybridized carbons (Fsp3) is 0.263. The summed E-state index contributed by atoms with van der Waals surface area (Å²) in [5, 5.41) is 9.61. The normalized spacial score (nSPS) is 21.0. The van der Waals surface area contributed by atoms with Crippen LogP contribution < -0.4 is 19.4 Å². The molecule has 0 aromatic heterocycles. The summed E-state index contributed by atoms with van der Waals surface area (Å²) in [7, 11) is 3.02. The van der Waals surface area contributed by atoms with Gasteiger partial charge in [-0.2, -0.15) is 5.11 Å². The first kappa shape index (κ1) is 17.0. The van der Waals surface area contributed by atoms with E-state index in [9.17, 15) is 9.59 Å². The van der Waals surface area contributed by atoms with Crippen molar-refractivity contribution in [3.8, 4) is 11.5 Å². The average molecular weight is 366 g/mol. The SMILES string of the molecule is COc1cc(OC)cc(N2C(=O)C3N=NN(c4ccc(C)cc4)C3C2=O)c1. The zero-order valence-electron chi connectivity index (χ0n) is 15.1. The van der Waals surface area contributed by atoms with Crippen molar-refractivity contribution in [2.45, 2.75) is 19.0 Å². The lowest BCUT2D eigenvalue weighted by atomic mass is 10.1. The average Bonchev–Trinajstić information content (AvgIpc) is 3.22. The number of benzene rings is 2. The molecular weight excluding hydrogens is 348 g/mol. The van der Waals surface area contributed by atoms with Gasteiger partial charge in [-0.15, -0.1) is 0 Å². The van der Waals surface area contributed by atoms with E-state index in [1.54, 1.807) is 18.2 Å². The molecule has 0 N–H and O–H groups in total. The van der Waals surface area contributed by atoms with Crippen LogP contribution in [0.1, 0.15) is 5.56 Å². The maximum absolute atomic E-state index is 13.1. The smallest absolute Gasteiger partial charge is 0.263 e. The van der Waals surface area contributed by atoms with Crippen molar-refractivity contribution in [2.75, 3.05) is 24.1 Å². The second-order valence-corrected chi connectivity index (χ2v) is 6.36. The van der Waals surface area contributed by atoms with Gasteiger partial charge in [0.2, 0.25) is 0 Å². The Morgan fingerprint density at radius 1 is 0.889 bits per heavy atom. The zero-order valence-corrected chi connectivity index (χ0v) is 15.1. The highest BCUT2D eigenvalue weighted by Gasteiger charge is 2.55. The molecule has 2 amide bonds. The minimum absolute atomic E-state index is 0.383. The minimum atomic E-state index is -0.865. The number of nitrogens with zero attached hydrogens (tertiary/aromatic N) is 4. The molecule has 1 saturated heterocycles. The molecule has 4 rings (SSSR count). The van der Waals surface area contributed by atoms with E-state index < -0.39 is 18.0 Å². The molecule has 2 aliphatic heterocycles. The fourth-order valence-corrected chi connectivity index (χ4v) is 3.25. The van der Waals surface area contributed by atoms with Crippen LogP contribution in [0.2, 0.25) is 0 Å². The van der Waals surface area contributed by atoms with Crippen molar-refractivity contribution < 1.29 is 19.1 Å². The summed E-state index contributed by atoms with van der Waals surface area (Å²) >= 11 is 0. The summed E-state index contributed by atoms with van der Waals surface area (Å²) in [5.74, 6) is 0.169. The summed E-state index contributed by atoms with van der Waals surface area (Å²) < 4.78 is 10.5. The number of hydrogen-bond donors (Lipinski definition) is 0. The number of carbonyl (C=O) groups excluding carboxylic acids is 2. The Kier molecular flexibility index (Phi) is 4.02. The summed E-state index contributed by atoms with van der Waals surface area (Å²) in [6, 6.07) is 10.8. The minimum Gasteiger partial charge on any atom is -0.497 e. The Balaban J connectivity index is 1.71. The summed E-state index contributed by atoms with van der Waals surface area (Å²) in [5.41, 5.74) is 2.18. The van der Waals surface area contributed by atoms with Gasteiger partial charge < -0.3 is 9.47 Å². The van der Waals surface area contributed by atoms with Crippen LogP contribution >= 0.6 is 0 Å². The van der Waals surface area contributed by atoms with E-state index in [0.29, 0.717) is 22.9 Å². The third kappa shape index (κ3) is 2.69. The Morgan fingerprint density at radius 3 is 2.11 bits per heavy atom. The van der Waals surface area contributed by atoms with Crippen LogP contribution in [0.5, 0.6) is 11.5 Å². The molecule has 8 nitrogen and oxygen atoms in total. The van der Waals surface area contributed by atoms with Gasteiger partial charge in [-0.3, -0.25) is 9.59 Å².